The van der Waals surface area contributed by atoms with Gasteiger partial charge in [0.1, 0.15) is 0 Å². The second kappa shape index (κ2) is 8.64. The van der Waals surface area contributed by atoms with E-state index < -0.39 is 0 Å². The summed E-state index contributed by atoms with van der Waals surface area (Å²) in [6.07, 6.45) is 3.05. The van der Waals surface area contributed by atoms with Gasteiger partial charge >= 0.3 is 0 Å². The summed E-state index contributed by atoms with van der Waals surface area (Å²) in [5.74, 6) is -0.242. The predicted octanol–water partition coefficient (Wildman–Crippen LogP) is 2.50. The first-order valence-electron chi connectivity index (χ1n) is 6.97. The van der Waals surface area contributed by atoms with Gasteiger partial charge in [0.25, 0.3) is 5.91 Å². The topological polar surface area (TPSA) is 75.4 Å². The zero-order chi connectivity index (χ0) is 15.8. The Hall–Kier alpha value is -1.59. The van der Waals surface area contributed by atoms with Gasteiger partial charge in [-0.2, -0.15) is 0 Å². The number of halogens is 1. The maximum Gasteiger partial charge on any atom is 0.253 e. The lowest BCUT2D eigenvalue weighted by Gasteiger charge is -2.13. The number of amides is 2. The summed E-state index contributed by atoms with van der Waals surface area (Å²) in [7, 11) is 3.35. The van der Waals surface area contributed by atoms with Crippen LogP contribution in [0.3, 0.4) is 0 Å². The highest BCUT2D eigenvalue weighted by molar-refractivity contribution is 6.33. The molecule has 0 heterocycles. The minimum absolute atomic E-state index is 0.108. The van der Waals surface area contributed by atoms with Crippen molar-refractivity contribution < 1.29 is 9.59 Å². The van der Waals surface area contributed by atoms with Crippen LogP contribution in [0.25, 0.3) is 0 Å². The molecule has 0 fully saturated rings. The van der Waals surface area contributed by atoms with Crippen molar-refractivity contribution >= 4 is 29.1 Å². The average Bonchev–Trinajstić information content (AvgIpc) is 2.45. The third-order valence-corrected chi connectivity index (χ3v) is 3.33. The first-order valence-corrected chi connectivity index (χ1v) is 7.34. The molecule has 0 aliphatic heterocycles. The van der Waals surface area contributed by atoms with Gasteiger partial charge in [0.05, 0.1) is 10.7 Å². The Morgan fingerprint density at radius 1 is 1.24 bits per heavy atom. The lowest BCUT2D eigenvalue weighted by atomic mass is 10.1. The van der Waals surface area contributed by atoms with Crippen molar-refractivity contribution in [3.05, 3.63) is 28.8 Å². The van der Waals surface area contributed by atoms with Crippen molar-refractivity contribution in [1.82, 2.24) is 4.90 Å². The molecule has 0 spiro atoms. The second-order valence-electron chi connectivity index (χ2n) is 5.04. The molecule has 1 rings (SSSR count). The van der Waals surface area contributed by atoms with Crippen molar-refractivity contribution in [2.75, 3.05) is 26.0 Å². The number of nitrogens with zero attached hydrogens (tertiary/aromatic N) is 1. The molecule has 1 aromatic carbocycles. The van der Waals surface area contributed by atoms with E-state index in [0.29, 0.717) is 29.2 Å². The van der Waals surface area contributed by atoms with E-state index in [0.717, 1.165) is 19.3 Å². The number of anilines is 1. The van der Waals surface area contributed by atoms with Crippen LogP contribution in [-0.4, -0.2) is 37.4 Å². The molecule has 0 saturated heterocycles. The first kappa shape index (κ1) is 17.5. The molecule has 0 aromatic heterocycles. The highest BCUT2D eigenvalue weighted by Crippen LogP contribution is 2.24. The highest BCUT2D eigenvalue weighted by atomic mass is 35.5. The van der Waals surface area contributed by atoms with E-state index in [1.807, 2.05) is 0 Å². The molecule has 0 aliphatic rings. The third kappa shape index (κ3) is 5.73. The van der Waals surface area contributed by atoms with Crippen molar-refractivity contribution in [3.63, 3.8) is 0 Å². The highest BCUT2D eigenvalue weighted by Gasteiger charge is 2.12. The van der Waals surface area contributed by atoms with Gasteiger partial charge in [-0.15, -0.1) is 0 Å². The van der Waals surface area contributed by atoms with Gasteiger partial charge in [-0.1, -0.05) is 18.0 Å². The summed E-state index contributed by atoms with van der Waals surface area (Å²) >= 11 is 6.05. The summed E-state index contributed by atoms with van der Waals surface area (Å²) in [4.78, 5) is 25.2. The van der Waals surface area contributed by atoms with Crippen LogP contribution in [0.15, 0.2) is 18.2 Å². The monoisotopic (exact) mass is 311 g/mol. The molecule has 0 bridgehead atoms. The van der Waals surface area contributed by atoms with Crippen LogP contribution in [0.1, 0.15) is 36.0 Å². The normalized spacial score (nSPS) is 10.3. The van der Waals surface area contributed by atoms with Gasteiger partial charge in [0.2, 0.25) is 5.91 Å². The standard InChI is InChI=1S/C15H22ClN3O2/c1-19(2)15(21)11-7-8-12(16)13(10-11)18-14(20)6-4-3-5-9-17/h7-8,10H,3-6,9,17H2,1-2H3,(H,18,20). The molecular formula is C15H22ClN3O2. The largest absolute Gasteiger partial charge is 0.345 e. The van der Waals surface area contributed by atoms with E-state index >= 15 is 0 Å². The number of nitrogens with one attached hydrogen (secondary N) is 1. The number of rotatable bonds is 7. The Balaban J connectivity index is 2.67. The smallest absolute Gasteiger partial charge is 0.253 e. The van der Waals surface area contributed by atoms with Gasteiger partial charge in [-0.25, -0.2) is 0 Å². The van der Waals surface area contributed by atoms with E-state index in [-0.39, 0.29) is 11.8 Å². The Labute approximate surface area is 130 Å². The van der Waals surface area contributed by atoms with Crippen molar-refractivity contribution in [2.24, 2.45) is 5.73 Å². The van der Waals surface area contributed by atoms with E-state index in [1.165, 1.54) is 4.90 Å². The Kier molecular flexibility index (Phi) is 7.19. The minimum Gasteiger partial charge on any atom is -0.345 e. The summed E-state index contributed by atoms with van der Waals surface area (Å²) < 4.78 is 0. The minimum atomic E-state index is -0.134. The fraction of sp³-hybridized carbons (Fsp3) is 0.467. The number of hydrogen-bond donors (Lipinski definition) is 2. The maximum atomic E-state index is 11.9. The predicted molar refractivity (Wildman–Crippen MR) is 85.6 cm³/mol. The fourth-order valence-corrected chi connectivity index (χ4v) is 2.00. The van der Waals surface area contributed by atoms with E-state index in [2.05, 4.69) is 5.32 Å². The lowest BCUT2D eigenvalue weighted by Crippen LogP contribution is -2.22. The molecule has 116 valence electrons. The van der Waals surface area contributed by atoms with Gasteiger partial charge < -0.3 is 16.0 Å². The van der Waals surface area contributed by atoms with Crippen molar-refractivity contribution in [2.45, 2.75) is 25.7 Å². The number of carbonyl (C=O) groups is 2. The number of carbonyl (C=O) groups excluding carboxylic acids is 2. The molecule has 21 heavy (non-hydrogen) atoms. The zero-order valence-electron chi connectivity index (χ0n) is 12.5. The molecule has 0 saturated carbocycles. The number of benzene rings is 1. The molecule has 6 heteroatoms. The fourth-order valence-electron chi connectivity index (χ4n) is 1.83. The third-order valence-electron chi connectivity index (χ3n) is 3.00. The number of unbranched alkanes of at least 4 members (excludes halogenated alkanes) is 2. The molecule has 0 aliphatic carbocycles. The molecule has 0 atom stereocenters. The average molecular weight is 312 g/mol. The SMILES string of the molecule is CN(C)C(=O)c1ccc(Cl)c(NC(=O)CCCCCN)c1. The molecule has 0 radical (unpaired) electrons. The van der Waals surface area contributed by atoms with Gasteiger partial charge in [-0.3, -0.25) is 9.59 Å². The summed E-state index contributed by atoms with van der Waals surface area (Å²) in [6.45, 7) is 0.641. The van der Waals surface area contributed by atoms with E-state index in [9.17, 15) is 9.59 Å². The first-order chi connectivity index (χ1) is 9.95. The molecule has 1 aromatic rings. The van der Waals surface area contributed by atoms with Gasteiger partial charge in [0.15, 0.2) is 0 Å². The van der Waals surface area contributed by atoms with Crippen molar-refractivity contribution in [3.8, 4) is 0 Å². The summed E-state index contributed by atoms with van der Waals surface area (Å²) in [5.41, 5.74) is 6.36. The quantitative estimate of drug-likeness (QED) is 0.760. The van der Waals surface area contributed by atoms with Crippen LogP contribution in [0.2, 0.25) is 5.02 Å². The molecular weight excluding hydrogens is 290 g/mol. The van der Waals surface area contributed by atoms with Crippen LogP contribution in [0.4, 0.5) is 5.69 Å². The Morgan fingerprint density at radius 2 is 1.95 bits per heavy atom. The van der Waals surface area contributed by atoms with Crippen LogP contribution < -0.4 is 11.1 Å². The van der Waals surface area contributed by atoms with Crippen LogP contribution in [0.5, 0.6) is 0 Å². The zero-order valence-corrected chi connectivity index (χ0v) is 13.2. The van der Waals surface area contributed by atoms with Crippen LogP contribution in [-0.2, 0) is 4.79 Å². The summed E-state index contributed by atoms with van der Waals surface area (Å²) in [6, 6.07) is 4.85. The Morgan fingerprint density at radius 3 is 2.57 bits per heavy atom. The van der Waals surface area contributed by atoms with Crippen LogP contribution in [0, 0.1) is 0 Å². The summed E-state index contributed by atoms with van der Waals surface area (Å²) in [5, 5.41) is 3.17. The lowest BCUT2D eigenvalue weighted by molar-refractivity contribution is -0.116. The van der Waals surface area contributed by atoms with E-state index in [1.54, 1.807) is 32.3 Å². The maximum absolute atomic E-state index is 11.9. The van der Waals surface area contributed by atoms with Gasteiger partial charge in [-0.05, 0) is 37.6 Å². The molecule has 2 amide bonds. The van der Waals surface area contributed by atoms with E-state index in [4.69, 9.17) is 17.3 Å². The van der Waals surface area contributed by atoms with Gasteiger partial charge in [0, 0.05) is 26.1 Å². The second-order valence-corrected chi connectivity index (χ2v) is 5.45. The molecule has 3 N–H and O–H groups in total. The van der Waals surface area contributed by atoms with Crippen LogP contribution >= 0.6 is 11.6 Å². The molecule has 5 nitrogen and oxygen atoms in total. The Bertz CT molecular complexity index is 504. The molecule has 0 unspecified atom stereocenters. The number of nitrogens with two attached hydrogens (primary N) is 1. The number of hydrogen-bond acceptors (Lipinski definition) is 3. The van der Waals surface area contributed by atoms with Crippen molar-refractivity contribution in [1.29, 1.82) is 0 Å².